The molecule has 0 atom stereocenters. The van der Waals surface area contributed by atoms with E-state index in [1.165, 1.54) is 6.07 Å². The summed E-state index contributed by atoms with van der Waals surface area (Å²) in [7, 11) is 0. The van der Waals surface area contributed by atoms with E-state index in [-0.39, 0.29) is 16.1 Å². The van der Waals surface area contributed by atoms with Crippen LogP contribution in [0.5, 0.6) is 0 Å². The Morgan fingerprint density at radius 1 is 1.33 bits per heavy atom. The number of hydrogen-bond donors (Lipinski definition) is 2. The zero-order valence-corrected chi connectivity index (χ0v) is 12.3. The molecule has 3 N–H and O–H groups in total. The summed E-state index contributed by atoms with van der Waals surface area (Å²) in [4.78, 5) is 15.0. The van der Waals surface area contributed by atoms with Crippen LogP contribution in [0, 0.1) is 10.1 Å². The number of non-ortho nitro benzene ring substituents is 1. The Morgan fingerprint density at radius 3 is 2.62 bits per heavy atom. The topological polar surface area (TPSA) is 94.1 Å². The van der Waals surface area contributed by atoms with E-state index in [0.717, 1.165) is 18.5 Å². The van der Waals surface area contributed by atoms with Crippen molar-refractivity contribution < 1.29 is 4.92 Å². The van der Waals surface area contributed by atoms with Crippen LogP contribution < -0.4 is 11.1 Å². The van der Waals surface area contributed by atoms with Gasteiger partial charge in [-0.1, -0.05) is 13.8 Å². The van der Waals surface area contributed by atoms with Gasteiger partial charge in [-0.15, -0.1) is 0 Å². The third-order valence-corrected chi connectivity index (χ3v) is 4.09. The van der Waals surface area contributed by atoms with Crippen molar-refractivity contribution in [3.63, 3.8) is 0 Å². The number of rotatable bonds is 6. The fourth-order valence-electron chi connectivity index (χ4n) is 2.47. The van der Waals surface area contributed by atoms with Crippen LogP contribution in [0.1, 0.15) is 26.7 Å². The molecule has 2 rings (SSSR count). The SMILES string of the molecule is CCC(CC)(CN)Nc1ccc([N+](=O)[O-])c2cccnc12. The van der Waals surface area contributed by atoms with E-state index in [1.807, 2.05) is 0 Å². The van der Waals surface area contributed by atoms with Gasteiger partial charge in [0.25, 0.3) is 5.69 Å². The van der Waals surface area contributed by atoms with Crippen LogP contribution >= 0.6 is 0 Å². The van der Waals surface area contributed by atoms with Crippen LogP contribution in [-0.2, 0) is 0 Å². The summed E-state index contributed by atoms with van der Waals surface area (Å²) in [6.45, 7) is 4.64. The molecule has 0 aliphatic rings. The molecule has 6 heteroatoms. The Morgan fingerprint density at radius 2 is 2.05 bits per heavy atom. The number of pyridine rings is 1. The monoisotopic (exact) mass is 288 g/mol. The van der Waals surface area contributed by atoms with Gasteiger partial charge in [0.2, 0.25) is 0 Å². The summed E-state index contributed by atoms with van der Waals surface area (Å²) in [5.74, 6) is 0. The number of benzene rings is 1. The molecular weight excluding hydrogens is 268 g/mol. The number of hydrogen-bond acceptors (Lipinski definition) is 5. The zero-order chi connectivity index (χ0) is 15.5. The third-order valence-electron chi connectivity index (χ3n) is 4.09. The lowest BCUT2D eigenvalue weighted by atomic mass is 9.92. The van der Waals surface area contributed by atoms with Gasteiger partial charge in [0.1, 0.15) is 5.52 Å². The van der Waals surface area contributed by atoms with Crippen molar-refractivity contribution in [1.29, 1.82) is 0 Å². The number of nitro benzene ring substituents is 1. The summed E-state index contributed by atoms with van der Waals surface area (Å²) < 4.78 is 0. The molecule has 21 heavy (non-hydrogen) atoms. The lowest BCUT2D eigenvalue weighted by molar-refractivity contribution is -0.383. The second-order valence-corrected chi connectivity index (χ2v) is 5.11. The number of nitrogens with one attached hydrogen (secondary N) is 1. The molecular formula is C15H20N4O2. The van der Waals surface area contributed by atoms with Crippen LogP contribution in [0.4, 0.5) is 11.4 Å². The van der Waals surface area contributed by atoms with Crippen molar-refractivity contribution >= 4 is 22.3 Å². The van der Waals surface area contributed by atoms with Crippen molar-refractivity contribution in [1.82, 2.24) is 4.98 Å². The van der Waals surface area contributed by atoms with Gasteiger partial charge in [0.15, 0.2) is 0 Å². The molecule has 0 aliphatic carbocycles. The first kappa shape index (κ1) is 15.2. The van der Waals surface area contributed by atoms with Gasteiger partial charge in [0.05, 0.1) is 16.0 Å². The highest BCUT2D eigenvalue weighted by molar-refractivity contribution is 5.96. The molecule has 0 radical (unpaired) electrons. The van der Waals surface area contributed by atoms with E-state index in [2.05, 4.69) is 24.1 Å². The second kappa shape index (κ2) is 6.05. The molecule has 1 aromatic heterocycles. The molecule has 0 fully saturated rings. The van der Waals surface area contributed by atoms with Crippen LogP contribution in [0.15, 0.2) is 30.5 Å². The van der Waals surface area contributed by atoms with E-state index in [4.69, 9.17) is 5.73 Å². The Bertz CT molecular complexity index is 645. The smallest absolute Gasteiger partial charge is 0.278 e. The predicted octanol–water partition coefficient (Wildman–Crippen LogP) is 3.07. The van der Waals surface area contributed by atoms with E-state index in [1.54, 1.807) is 24.4 Å². The summed E-state index contributed by atoms with van der Waals surface area (Å²) >= 11 is 0. The Hall–Kier alpha value is -2.21. The number of nitro groups is 1. The van der Waals surface area contributed by atoms with E-state index in [0.29, 0.717) is 17.4 Å². The number of fused-ring (bicyclic) bond motifs is 1. The van der Waals surface area contributed by atoms with E-state index < -0.39 is 0 Å². The number of anilines is 1. The molecule has 1 heterocycles. The quantitative estimate of drug-likeness (QED) is 0.629. The predicted molar refractivity (Wildman–Crippen MR) is 84.4 cm³/mol. The fraction of sp³-hybridized carbons (Fsp3) is 0.400. The standard InChI is InChI=1S/C15H20N4O2/c1-3-15(4-2,10-16)18-12-7-8-13(19(20)21)11-6-5-9-17-14(11)12/h5-9,18H,3-4,10,16H2,1-2H3. The first-order valence-electron chi connectivity index (χ1n) is 7.07. The molecule has 0 saturated carbocycles. The molecule has 1 aromatic carbocycles. The molecule has 112 valence electrons. The van der Waals surface area contributed by atoms with Crippen LogP contribution in [-0.4, -0.2) is 22.0 Å². The fourth-order valence-corrected chi connectivity index (χ4v) is 2.47. The maximum absolute atomic E-state index is 11.1. The number of nitrogens with zero attached hydrogens (tertiary/aromatic N) is 2. The van der Waals surface area contributed by atoms with Gasteiger partial charge < -0.3 is 11.1 Å². The minimum Gasteiger partial charge on any atom is -0.377 e. The molecule has 0 unspecified atom stereocenters. The van der Waals surface area contributed by atoms with Crippen molar-refractivity contribution in [3.8, 4) is 0 Å². The summed E-state index contributed by atoms with van der Waals surface area (Å²) in [5.41, 5.74) is 7.14. The van der Waals surface area contributed by atoms with Gasteiger partial charge in [-0.05, 0) is 31.0 Å². The first-order valence-corrected chi connectivity index (χ1v) is 7.07. The molecule has 2 aromatic rings. The Labute approximate surface area is 123 Å². The van der Waals surface area contributed by atoms with E-state index in [9.17, 15) is 10.1 Å². The molecule has 0 saturated heterocycles. The Kier molecular flexibility index (Phi) is 4.37. The van der Waals surface area contributed by atoms with Gasteiger partial charge in [-0.3, -0.25) is 15.1 Å². The minimum absolute atomic E-state index is 0.0648. The highest BCUT2D eigenvalue weighted by atomic mass is 16.6. The first-order chi connectivity index (χ1) is 10.1. The van der Waals surface area contributed by atoms with Crippen LogP contribution in [0.2, 0.25) is 0 Å². The molecule has 0 bridgehead atoms. The van der Waals surface area contributed by atoms with Crippen molar-refractivity contribution in [2.45, 2.75) is 32.2 Å². The molecule has 0 spiro atoms. The lowest BCUT2D eigenvalue weighted by Gasteiger charge is -2.33. The third kappa shape index (κ3) is 2.80. The highest BCUT2D eigenvalue weighted by Crippen LogP contribution is 2.32. The summed E-state index contributed by atoms with van der Waals surface area (Å²) in [5, 5.41) is 15.1. The number of nitrogens with two attached hydrogens (primary N) is 1. The van der Waals surface area contributed by atoms with Gasteiger partial charge in [-0.25, -0.2) is 0 Å². The van der Waals surface area contributed by atoms with Crippen LogP contribution in [0.3, 0.4) is 0 Å². The Balaban J connectivity index is 2.56. The molecule has 0 aliphatic heterocycles. The average Bonchev–Trinajstić information content (AvgIpc) is 2.52. The highest BCUT2D eigenvalue weighted by Gasteiger charge is 2.25. The summed E-state index contributed by atoms with van der Waals surface area (Å²) in [6, 6.07) is 6.64. The minimum atomic E-state index is -0.385. The normalized spacial score (nSPS) is 11.6. The van der Waals surface area contributed by atoms with E-state index >= 15 is 0 Å². The maximum Gasteiger partial charge on any atom is 0.278 e. The van der Waals surface area contributed by atoms with Crippen molar-refractivity contribution in [2.75, 3.05) is 11.9 Å². The van der Waals surface area contributed by atoms with Gasteiger partial charge in [-0.2, -0.15) is 0 Å². The van der Waals surface area contributed by atoms with Crippen molar-refractivity contribution in [3.05, 3.63) is 40.6 Å². The van der Waals surface area contributed by atoms with Gasteiger partial charge >= 0.3 is 0 Å². The molecule has 6 nitrogen and oxygen atoms in total. The van der Waals surface area contributed by atoms with Crippen LogP contribution in [0.25, 0.3) is 10.9 Å². The largest absolute Gasteiger partial charge is 0.377 e. The maximum atomic E-state index is 11.1. The summed E-state index contributed by atoms with van der Waals surface area (Å²) in [6.07, 6.45) is 3.37. The van der Waals surface area contributed by atoms with Crippen molar-refractivity contribution in [2.24, 2.45) is 5.73 Å². The average molecular weight is 288 g/mol. The zero-order valence-electron chi connectivity index (χ0n) is 12.3. The molecule has 0 amide bonds. The lowest BCUT2D eigenvalue weighted by Crippen LogP contribution is -2.44. The number of aromatic nitrogens is 1. The van der Waals surface area contributed by atoms with Gasteiger partial charge in [0, 0.05) is 24.3 Å². The second-order valence-electron chi connectivity index (χ2n) is 5.11.